The van der Waals surface area contributed by atoms with E-state index in [1.165, 1.54) is 5.69 Å². The molecule has 0 amide bonds. The molecular formula is C13H19BrN2O. The Kier molecular flexibility index (Phi) is 4.83. The molecule has 3 nitrogen and oxygen atoms in total. The summed E-state index contributed by atoms with van der Waals surface area (Å²) >= 11 is 3.63. The Labute approximate surface area is 111 Å². The van der Waals surface area contributed by atoms with Crippen LogP contribution in [0.2, 0.25) is 0 Å². The van der Waals surface area contributed by atoms with Crippen LogP contribution in [0.5, 0.6) is 0 Å². The van der Waals surface area contributed by atoms with Crippen LogP contribution in [-0.2, 0) is 4.74 Å². The van der Waals surface area contributed by atoms with E-state index in [-0.39, 0.29) is 0 Å². The van der Waals surface area contributed by atoms with E-state index in [1.54, 1.807) is 0 Å². The molecule has 1 heterocycles. The van der Waals surface area contributed by atoms with Crippen molar-refractivity contribution < 1.29 is 4.74 Å². The summed E-state index contributed by atoms with van der Waals surface area (Å²) in [6.07, 6.45) is 1.11. The Morgan fingerprint density at radius 3 is 3.06 bits per heavy atom. The summed E-state index contributed by atoms with van der Waals surface area (Å²) < 4.78 is 6.75. The summed E-state index contributed by atoms with van der Waals surface area (Å²) in [5, 5.41) is 3.21. The van der Waals surface area contributed by atoms with E-state index < -0.39 is 0 Å². The van der Waals surface area contributed by atoms with Gasteiger partial charge in [0.25, 0.3) is 0 Å². The molecule has 1 aromatic rings. The van der Waals surface area contributed by atoms with Gasteiger partial charge in [-0.05, 0) is 48.1 Å². The number of rotatable bonds is 4. The van der Waals surface area contributed by atoms with Gasteiger partial charge in [-0.2, -0.15) is 0 Å². The summed E-state index contributed by atoms with van der Waals surface area (Å²) in [5.41, 5.74) is 1.27. The van der Waals surface area contributed by atoms with E-state index >= 15 is 0 Å². The van der Waals surface area contributed by atoms with Crippen LogP contribution in [0, 0.1) is 0 Å². The Hall–Kier alpha value is -0.580. The van der Waals surface area contributed by atoms with Gasteiger partial charge in [-0.25, -0.2) is 0 Å². The standard InChI is InChI=1S/C13H19BrN2O/c1-15-7-6-11-10-17-9-8-16(11)13-5-3-2-4-12(13)14/h2-5,11,15H,6-10H2,1H3. The van der Waals surface area contributed by atoms with Crippen molar-refractivity contribution in [2.45, 2.75) is 12.5 Å². The molecular weight excluding hydrogens is 280 g/mol. The number of benzene rings is 1. The lowest BCUT2D eigenvalue weighted by atomic mass is 10.1. The minimum atomic E-state index is 0.467. The van der Waals surface area contributed by atoms with E-state index in [0.717, 1.165) is 37.2 Å². The molecule has 1 saturated heterocycles. The lowest BCUT2D eigenvalue weighted by molar-refractivity contribution is 0.0916. The molecule has 1 aliphatic heterocycles. The normalized spacial score (nSPS) is 20.6. The van der Waals surface area contributed by atoms with Gasteiger partial charge < -0.3 is 15.0 Å². The number of hydrogen-bond donors (Lipinski definition) is 1. The number of hydrogen-bond acceptors (Lipinski definition) is 3. The largest absolute Gasteiger partial charge is 0.377 e. The number of halogens is 1. The number of morpholine rings is 1. The fraction of sp³-hybridized carbons (Fsp3) is 0.538. The molecule has 94 valence electrons. The fourth-order valence-corrected chi connectivity index (χ4v) is 2.72. The van der Waals surface area contributed by atoms with Crippen molar-refractivity contribution in [1.29, 1.82) is 0 Å². The summed E-state index contributed by atoms with van der Waals surface area (Å²) in [4.78, 5) is 2.45. The molecule has 0 bridgehead atoms. The van der Waals surface area contributed by atoms with Gasteiger partial charge in [0.1, 0.15) is 0 Å². The van der Waals surface area contributed by atoms with Crippen LogP contribution in [0.25, 0.3) is 0 Å². The van der Waals surface area contributed by atoms with Crippen LogP contribution >= 0.6 is 15.9 Å². The van der Waals surface area contributed by atoms with Crippen molar-refractivity contribution in [1.82, 2.24) is 5.32 Å². The van der Waals surface area contributed by atoms with Crippen molar-refractivity contribution in [3.63, 3.8) is 0 Å². The molecule has 2 rings (SSSR count). The van der Waals surface area contributed by atoms with Crippen LogP contribution in [0.15, 0.2) is 28.7 Å². The molecule has 17 heavy (non-hydrogen) atoms. The SMILES string of the molecule is CNCCC1COCCN1c1ccccc1Br. The molecule has 1 aliphatic rings. The quantitative estimate of drug-likeness (QED) is 0.923. The second-order valence-electron chi connectivity index (χ2n) is 4.27. The van der Waals surface area contributed by atoms with Gasteiger partial charge >= 0.3 is 0 Å². The molecule has 4 heteroatoms. The molecule has 1 aromatic carbocycles. The lowest BCUT2D eigenvalue weighted by Crippen LogP contribution is -2.46. The van der Waals surface area contributed by atoms with Crippen LogP contribution < -0.4 is 10.2 Å². The Morgan fingerprint density at radius 1 is 1.47 bits per heavy atom. The third-order valence-electron chi connectivity index (χ3n) is 3.12. The minimum Gasteiger partial charge on any atom is -0.377 e. The average molecular weight is 299 g/mol. The number of ether oxygens (including phenoxy) is 1. The van der Waals surface area contributed by atoms with Crippen molar-refractivity contribution in [2.75, 3.05) is 38.3 Å². The zero-order chi connectivity index (χ0) is 12.1. The second-order valence-corrected chi connectivity index (χ2v) is 5.12. The fourth-order valence-electron chi connectivity index (χ4n) is 2.21. The van der Waals surface area contributed by atoms with Crippen molar-refractivity contribution in [3.05, 3.63) is 28.7 Å². The lowest BCUT2D eigenvalue weighted by Gasteiger charge is -2.38. The van der Waals surface area contributed by atoms with E-state index in [4.69, 9.17) is 4.74 Å². The van der Waals surface area contributed by atoms with Gasteiger partial charge in [-0.15, -0.1) is 0 Å². The third-order valence-corrected chi connectivity index (χ3v) is 3.79. The first-order valence-corrected chi connectivity index (χ1v) is 6.85. The van der Waals surface area contributed by atoms with Crippen molar-refractivity contribution >= 4 is 21.6 Å². The summed E-state index contributed by atoms with van der Waals surface area (Å²) in [6, 6.07) is 8.87. The van der Waals surface area contributed by atoms with E-state index in [1.807, 2.05) is 7.05 Å². The van der Waals surface area contributed by atoms with Gasteiger partial charge in [0.2, 0.25) is 0 Å². The predicted octanol–water partition coefficient (Wildman–Crippen LogP) is 2.26. The number of nitrogens with zero attached hydrogens (tertiary/aromatic N) is 1. The maximum absolute atomic E-state index is 5.59. The highest BCUT2D eigenvalue weighted by atomic mass is 79.9. The zero-order valence-electron chi connectivity index (χ0n) is 10.2. The molecule has 0 saturated carbocycles. The molecule has 0 spiro atoms. The first-order chi connectivity index (χ1) is 8.33. The number of para-hydroxylation sites is 1. The Balaban J connectivity index is 2.13. The molecule has 1 N–H and O–H groups in total. The van der Waals surface area contributed by atoms with E-state index in [0.29, 0.717) is 6.04 Å². The van der Waals surface area contributed by atoms with Crippen LogP contribution in [0.4, 0.5) is 5.69 Å². The molecule has 0 aromatic heterocycles. The van der Waals surface area contributed by atoms with E-state index in [2.05, 4.69) is 50.4 Å². The summed E-state index contributed by atoms with van der Waals surface area (Å²) in [5.74, 6) is 0. The van der Waals surface area contributed by atoms with Crippen molar-refractivity contribution in [3.8, 4) is 0 Å². The van der Waals surface area contributed by atoms with Gasteiger partial charge in [0, 0.05) is 11.0 Å². The third kappa shape index (κ3) is 3.21. The van der Waals surface area contributed by atoms with Gasteiger partial charge in [-0.1, -0.05) is 12.1 Å². The molecule has 1 atom stereocenters. The second kappa shape index (κ2) is 6.38. The maximum Gasteiger partial charge on any atom is 0.0671 e. The van der Waals surface area contributed by atoms with Gasteiger partial charge in [-0.3, -0.25) is 0 Å². The first kappa shape index (κ1) is 12.9. The number of anilines is 1. The summed E-state index contributed by atoms with van der Waals surface area (Å²) in [6.45, 7) is 3.63. The van der Waals surface area contributed by atoms with E-state index in [9.17, 15) is 0 Å². The van der Waals surface area contributed by atoms with Crippen LogP contribution in [-0.4, -0.2) is 39.4 Å². The molecule has 0 aliphatic carbocycles. The van der Waals surface area contributed by atoms with Crippen LogP contribution in [0.3, 0.4) is 0 Å². The summed E-state index contributed by atoms with van der Waals surface area (Å²) in [7, 11) is 1.99. The monoisotopic (exact) mass is 298 g/mol. The van der Waals surface area contributed by atoms with Crippen molar-refractivity contribution in [2.24, 2.45) is 0 Å². The smallest absolute Gasteiger partial charge is 0.0671 e. The highest BCUT2D eigenvalue weighted by Crippen LogP contribution is 2.29. The average Bonchev–Trinajstić information content (AvgIpc) is 2.37. The molecule has 1 unspecified atom stereocenters. The van der Waals surface area contributed by atoms with Gasteiger partial charge in [0.15, 0.2) is 0 Å². The highest BCUT2D eigenvalue weighted by molar-refractivity contribution is 9.10. The molecule has 1 fully saturated rings. The highest BCUT2D eigenvalue weighted by Gasteiger charge is 2.23. The predicted molar refractivity (Wildman–Crippen MR) is 74.6 cm³/mol. The Morgan fingerprint density at radius 2 is 2.29 bits per heavy atom. The topological polar surface area (TPSA) is 24.5 Å². The number of nitrogens with one attached hydrogen (secondary N) is 1. The van der Waals surface area contributed by atoms with Crippen LogP contribution in [0.1, 0.15) is 6.42 Å². The maximum atomic E-state index is 5.59. The zero-order valence-corrected chi connectivity index (χ0v) is 11.7. The first-order valence-electron chi connectivity index (χ1n) is 6.06. The minimum absolute atomic E-state index is 0.467. The Bertz CT molecular complexity index is 359. The van der Waals surface area contributed by atoms with Gasteiger partial charge in [0.05, 0.1) is 24.9 Å². The molecule has 0 radical (unpaired) electrons.